The summed E-state index contributed by atoms with van der Waals surface area (Å²) in [5, 5.41) is 7.51. The minimum absolute atomic E-state index is 0.346. The topological polar surface area (TPSA) is 66.9 Å². The zero-order valence-electron chi connectivity index (χ0n) is 10.6. The molecule has 0 spiro atoms. The summed E-state index contributed by atoms with van der Waals surface area (Å²) >= 11 is 0. The molecule has 1 heterocycles. The third kappa shape index (κ3) is 2.56. The standard InChI is InChI=1S/C15H12N4O/c20-15(19-14-10-16-8-9-17-14)18-13-7-3-5-11-4-1-2-6-12(11)13/h1-10H,(H2,17,18,19,20). The number of carbonyl (C=O) groups is 1. The van der Waals surface area contributed by atoms with Crippen LogP contribution in [0.3, 0.4) is 0 Å². The molecule has 2 amide bonds. The van der Waals surface area contributed by atoms with Gasteiger partial charge >= 0.3 is 6.03 Å². The summed E-state index contributed by atoms with van der Waals surface area (Å²) in [6.07, 6.45) is 4.56. The number of fused-ring (bicyclic) bond motifs is 1. The molecule has 0 saturated heterocycles. The lowest BCUT2D eigenvalue weighted by Crippen LogP contribution is -2.20. The molecule has 0 fully saturated rings. The van der Waals surface area contributed by atoms with Crippen LogP contribution in [-0.4, -0.2) is 16.0 Å². The highest BCUT2D eigenvalue weighted by molar-refractivity contribution is 6.05. The van der Waals surface area contributed by atoms with E-state index in [0.29, 0.717) is 5.82 Å². The average molecular weight is 264 g/mol. The van der Waals surface area contributed by atoms with Gasteiger partial charge in [0.15, 0.2) is 5.82 Å². The Morgan fingerprint density at radius 2 is 1.80 bits per heavy atom. The van der Waals surface area contributed by atoms with Crippen molar-refractivity contribution in [3.8, 4) is 0 Å². The third-order valence-electron chi connectivity index (χ3n) is 2.84. The Labute approximate surface area is 115 Å². The number of hydrogen-bond acceptors (Lipinski definition) is 3. The van der Waals surface area contributed by atoms with E-state index in [9.17, 15) is 4.79 Å². The van der Waals surface area contributed by atoms with Crippen LogP contribution < -0.4 is 10.6 Å². The summed E-state index contributed by atoms with van der Waals surface area (Å²) in [5.74, 6) is 0.408. The zero-order valence-corrected chi connectivity index (χ0v) is 10.6. The van der Waals surface area contributed by atoms with Gasteiger partial charge in [-0.1, -0.05) is 36.4 Å². The molecule has 98 valence electrons. The molecule has 2 aromatic carbocycles. The Bertz CT molecular complexity index is 738. The fourth-order valence-corrected chi connectivity index (χ4v) is 1.97. The first-order chi connectivity index (χ1) is 9.83. The number of urea groups is 1. The van der Waals surface area contributed by atoms with Gasteiger partial charge in [0.1, 0.15) is 0 Å². The van der Waals surface area contributed by atoms with Crippen LogP contribution in [0.25, 0.3) is 10.8 Å². The van der Waals surface area contributed by atoms with E-state index >= 15 is 0 Å². The Morgan fingerprint density at radius 3 is 2.65 bits per heavy atom. The van der Waals surface area contributed by atoms with E-state index in [1.165, 1.54) is 12.4 Å². The maximum atomic E-state index is 11.9. The molecule has 20 heavy (non-hydrogen) atoms. The molecular weight excluding hydrogens is 252 g/mol. The summed E-state index contributed by atoms with van der Waals surface area (Å²) in [6, 6.07) is 13.3. The van der Waals surface area contributed by atoms with E-state index in [1.807, 2.05) is 42.5 Å². The van der Waals surface area contributed by atoms with Gasteiger partial charge in [-0.15, -0.1) is 0 Å². The van der Waals surface area contributed by atoms with Crippen molar-refractivity contribution in [2.24, 2.45) is 0 Å². The van der Waals surface area contributed by atoms with Crippen LogP contribution in [-0.2, 0) is 0 Å². The molecular formula is C15H12N4O. The molecule has 2 N–H and O–H groups in total. The summed E-state index contributed by atoms with van der Waals surface area (Å²) in [5.41, 5.74) is 0.754. The van der Waals surface area contributed by atoms with Crippen LogP contribution in [0.2, 0.25) is 0 Å². The monoisotopic (exact) mass is 264 g/mol. The fourth-order valence-electron chi connectivity index (χ4n) is 1.97. The van der Waals surface area contributed by atoms with Crippen LogP contribution in [0.1, 0.15) is 0 Å². The van der Waals surface area contributed by atoms with Crippen molar-refractivity contribution in [2.75, 3.05) is 10.6 Å². The van der Waals surface area contributed by atoms with Gasteiger partial charge in [0.25, 0.3) is 0 Å². The van der Waals surface area contributed by atoms with Crippen molar-refractivity contribution in [3.05, 3.63) is 61.1 Å². The number of amides is 2. The predicted molar refractivity (Wildman–Crippen MR) is 78.6 cm³/mol. The Morgan fingerprint density at radius 1 is 0.950 bits per heavy atom. The third-order valence-corrected chi connectivity index (χ3v) is 2.84. The van der Waals surface area contributed by atoms with E-state index in [1.54, 1.807) is 6.20 Å². The van der Waals surface area contributed by atoms with E-state index in [-0.39, 0.29) is 6.03 Å². The molecule has 0 unspecified atom stereocenters. The Balaban J connectivity index is 1.81. The number of aromatic nitrogens is 2. The number of hydrogen-bond donors (Lipinski definition) is 2. The molecule has 3 rings (SSSR count). The molecule has 0 aliphatic rings. The van der Waals surface area contributed by atoms with E-state index in [0.717, 1.165) is 16.5 Å². The molecule has 0 aliphatic heterocycles. The molecule has 0 radical (unpaired) electrons. The van der Waals surface area contributed by atoms with Crippen LogP contribution in [0.15, 0.2) is 61.1 Å². The predicted octanol–water partition coefficient (Wildman–Crippen LogP) is 3.27. The second-order valence-electron chi connectivity index (χ2n) is 4.20. The number of nitrogens with zero attached hydrogens (tertiary/aromatic N) is 2. The van der Waals surface area contributed by atoms with Gasteiger partial charge in [-0.25, -0.2) is 9.78 Å². The van der Waals surface area contributed by atoms with Gasteiger partial charge in [-0.3, -0.25) is 10.3 Å². The van der Waals surface area contributed by atoms with Gasteiger partial charge in [0, 0.05) is 17.8 Å². The lowest BCUT2D eigenvalue weighted by atomic mass is 10.1. The van der Waals surface area contributed by atoms with Gasteiger partial charge in [0.2, 0.25) is 0 Å². The van der Waals surface area contributed by atoms with Gasteiger partial charge in [0.05, 0.1) is 11.9 Å². The highest BCUT2D eigenvalue weighted by atomic mass is 16.2. The SMILES string of the molecule is O=C(Nc1cnccn1)Nc1cccc2ccccc12. The van der Waals surface area contributed by atoms with Crippen LogP contribution in [0.5, 0.6) is 0 Å². The van der Waals surface area contributed by atoms with Crippen LogP contribution in [0, 0.1) is 0 Å². The lowest BCUT2D eigenvalue weighted by molar-refractivity contribution is 0.262. The van der Waals surface area contributed by atoms with Crippen molar-refractivity contribution >= 4 is 28.3 Å². The van der Waals surface area contributed by atoms with E-state index in [2.05, 4.69) is 20.6 Å². The van der Waals surface area contributed by atoms with Crippen LogP contribution in [0.4, 0.5) is 16.3 Å². The number of carbonyl (C=O) groups excluding carboxylic acids is 1. The Hall–Kier alpha value is -2.95. The smallest absolute Gasteiger partial charge is 0.307 e. The first-order valence-electron chi connectivity index (χ1n) is 6.15. The first-order valence-corrected chi connectivity index (χ1v) is 6.15. The second kappa shape index (κ2) is 5.36. The fraction of sp³-hybridized carbons (Fsp3) is 0. The molecule has 1 aromatic heterocycles. The summed E-state index contributed by atoms with van der Waals surface area (Å²) in [6.45, 7) is 0. The Kier molecular flexibility index (Phi) is 3.24. The zero-order chi connectivity index (χ0) is 13.8. The summed E-state index contributed by atoms with van der Waals surface area (Å²) in [7, 11) is 0. The molecule has 0 bridgehead atoms. The summed E-state index contributed by atoms with van der Waals surface area (Å²) in [4.78, 5) is 19.8. The normalized spacial score (nSPS) is 10.2. The lowest BCUT2D eigenvalue weighted by Gasteiger charge is -2.09. The minimum Gasteiger partial charge on any atom is -0.307 e. The largest absolute Gasteiger partial charge is 0.324 e. The summed E-state index contributed by atoms with van der Waals surface area (Å²) < 4.78 is 0. The van der Waals surface area contributed by atoms with Crippen LogP contribution >= 0.6 is 0 Å². The van der Waals surface area contributed by atoms with E-state index < -0.39 is 0 Å². The first kappa shape index (κ1) is 12.1. The minimum atomic E-state index is -0.346. The molecule has 5 nitrogen and oxygen atoms in total. The van der Waals surface area contributed by atoms with E-state index in [4.69, 9.17) is 0 Å². The van der Waals surface area contributed by atoms with Crippen molar-refractivity contribution < 1.29 is 4.79 Å². The molecule has 5 heteroatoms. The highest BCUT2D eigenvalue weighted by Crippen LogP contribution is 2.22. The molecule has 0 atom stereocenters. The molecule has 3 aromatic rings. The highest BCUT2D eigenvalue weighted by Gasteiger charge is 2.06. The van der Waals surface area contributed by atoms with Crippen molar-refractivity contribution in [2.45, 2.75) is 0 Å². The number of nitrogens with one attached hydrogen (secondary N) is 2. The second-order valence-corrected chi connectivity index (χ2v) is 4.20. The van der Waals surface area contributed by atoms with Crippen molar-refractivity contribution in [3.63, 3.8) is 0 Å². The number of rotatable bonds is 2. The van der Waals surface area contributed by atoms with Gasteiger partial charge < -0.3 is 5.32 Å². The number of benzene rings is 2. The average Bonchev–Trinajstić information content (AvgIpc) is 2.48. The van der Waals surface area contributed by atoms with Gasteiger partial charge in [-0.05, 0) is 11.5 Å². The molecule has 0 aliphatic carbocycles. The quantitative estimate of drug-likeness (QED) is 0.746. The van der Waals surface area contributed by atoms with Crippen molar-refractivity contribution in [1.82, 2.24) is 9.97 Å². The van der Waals surface area contributed by atoms with Gasteiger partial charge in [-0.2, -0.15) is 0 Å². The maximum Gasteiger partial charge on any atom is 0.324 e. The van der Waals surface area contributed by atoms with Crippen molar-refractivity contribution in [1.29, 1.82) is 0 Å². The molecule has 0 saturated carbocycles. The number of anilines is 2. The maximum absolute atomic E-state index is 11.9.